The first-order chi connectivity index (χ1) is 8.50. The average molecular weight is 266 g/mol. The molecular formula is C15H26N2O2. The number of carbonyl (C=O) groups excluding carboxylic acids is 1. The summed E-state index contributed by atoms with van der Waals surface area (Å²) in [5, 5.41) is 12.4. The second kappa shape index (κ2) is 5.03. The lowest BCUT2D eigenvalue weighted by Gasteiger charge is -2.48. The summed E-state index contributed by atoms with van der Waals surface area (Å²) in [7, 11) is 0. The molecule has 0 spiro atoms. The van der Waals surface area contributed by atoms with Crippen LogP contribution in [0.3, 0.4) is 0 Å². The average Bonchev–Trinajstić information content (AvgIpc) is 2.10. The molecule has 0 bridgehead atoms. The second-order valence-corrected chi connectivity index (χ2v) is 7.57. The molecule has 1 saturated carbocycles. The molecule has 108 valence electrons. The van der Waals surface area contributed by atoms with Gasteiger partial charge in [0.05, 0.1) is 17.5 Å². The van der Waals surface area contributed by atoms with Gasteiger partial charge in [0, 0.05) is 0 Å². The van der Waals surface area contributed by atoms with Crippen molar-refractivity contribution in [2.45, 2.75) is 72.4 Å². The van der Waals surface area contributed by atoms with Crippen molar-refractivity contribution in [3.05, 3.63) is 0 Å². The van der Waals surface area contributed by atoms with Gasteiger partial charge in [0.2, 0.25) is 0 Å². The van der Waals surface area contributed by atoms with Crippen molar-refractivity contribution in [3.63, 3.8) is 0 Å². The van der Waals surface area contributed by atoms with E-state index >= 15 is 0 Å². The number of ether oxygens (including phenoxy) is 1. The van der Waals surface area contributed by atoms with E-state index in [1.807, 2.05) is 41.5 Å². The Bertz CT molecular complexity index is 378. The Hall–Kier alpha value is -1.24. The first kappa shape index (κ1) is 15.8. The van der Waals surface area contributed by atoms with Gasteiger partial charge in [-0.3, -0.25) is 0 Å². The molecule has 4 heteroatoms. The summed E-state index contributed by atoms with van der Waals surface area (Å²) in [4.78, 5) is 12.0. The van der Waals surface area contributed by atoms with Crippen LogP contribution in [-0.2, 0) is 4.74 Å². The Morgan fingerprint density at radius 3 is 2.05 bits per heavy atom. The zero-order valence-corrected chi connectivity index (χ0v) is 13.0. The predicted octanol–water partition coefficient (Wildman–Crippen LogP) is 3.62. The molecule has 0 aliphatic heterocycles. The van der Waals surface area contributed by atoms with Gasteiger partial charge in [-0.05, 0) is 39.0 Å². The third-order valence-corrected chi connectivity index (χ3v) is 3.55. The molecule has 1 fully saturated rings. The summed E-state index contributed by atoms with van der Waals surface area (Å²) in [5.41, 5.74) is -1.13. The van der Waals surface area contributed by atoms with Crippen LogP contribution in [0.15, 0.2) is 0 Å². The highest BCUT2D eigenvalue weighted by Gasteiger charge is 2.50. The van der Waals surface area contributed by atoms with Gasteiger partial charge in [0.25, 0.3) is 0 Å². The van der Waals surface area contributed by atoms with Crippen LogP contribution in [0.25, 0.3) is 0 Å². The maximum absolute atomic E-state index is 12.0. The van der Waals surface area contributed by atoms with Crippen molar-refractivity contribution in [2.24, 2.45) is 10.8 Å². The minimum absolute atomic E-state index is 0.174. The number of alkyl carbamates (subject to hydrolysis) is 1. The van der Waals surface area contributed by atoms with Gasteiger partial charge >= 0.3 is 6.09 Å². The molecule has 1 atom stereocenters. The zero-order valence-electron chi connectivity index (χ0n) is 13.0. The quantitative estimate of drug-likeness (QED) is 0.830. The van der Waals surface area contributed by atoms with Crippen LogP contribution in [0, 0.1) is 22.2 Å². The number of rotatable bonds is 2. The minimum Gasteiger partial charge on any atom is -0.444 e. The maximum Gasteiger partial charge on any atom is 0.407 e. The number of hydrogen-bond acceptors (Lipinski definition) is 3. The van der Waals surface area contributed by atoms with E-state index in [9.17, 15) is 10.1 Å². The highest BCUT2D eigenvalue weighted by atomic mass is 16.6. The van der Waals surface area contributed by atoms with Crippen LogP contribution in [0.1, 0.15) is 60.8 Å². The standard InChI is InChI=1S/C15H26N2O2/c1-13(2,3)11(15(10-16)8-7-9-15)17-12(18)19-14(4,5)6/h11H,7-9H2,1-6H3,(H,17,18). The Morgan fingerprint density at radius 2 is 1.79 bits per heavy atom. The lowest BCUT2D eigenvalue weighted by Crippen LogP contribution is -2.57. The van der Waals surface area contributed by atoms with Crippen molar-refractivity contribution in [1.29, 1.82) is 5.26 Å². The minimum atomic E-state index is -0.522. The molecular weight excluding hydrogens is 240 g/mol. The molecule has 0 aromatic rings. The van der Waals surface area contributed by atoms with Crippen LogP contribution in [0.2, 0.25) is 0 Å². The molecule has 4 nitrogen and oxygen atoms in total. The largest absolute Gasteiger partial charge is 0.444 e. The van der Waals surface area contributed by atoms with Crippen LogP contribution >= 0.6 is 0 Å². The first-order valence-corrected chi connectivity index (χ1v) is 6.91. The molecule has 1 aliphatic rings. The molecule has 0 aromatic heterocycles. The van der Waals surface area contributed by atoms with Gasteiger partial charge in [0.1, 0.15) is 5.60 Å². The fourth-order valence-corrected chi connectivity index (χ4v) is 2.63. The van der Waals surface area contributed by atoms with E-state index in [0.29, 0.717) is 0 Å². The van der Waals surface area contributed by atoms with Crippen LogP contribution in [0.5, 0.6) is 0 Å². The van der Waals surface area contributed by atoms with Crippen molar-refractivity contribution in [1.82, 2.24) is 5.32 Å². The van der Waals surface area contributed by atoms with Crippen molar-refractivity contribution >= 4 is 6.09 Å². The van der Waals surface area contributed by atoms with Gasteiger partial charge in [-0.25, -0.2) is 4.79 Å². The highest BCUT2D eigenvalue weighted by Crippen LogP contribution is 2.48. The summed E-state index contributed by atoms with van der Waals surface area (Å²) < 4.78 is 5.31. The van der Waals surface area contributed by atoms with Crippen LogP contribution in [-0.4, -0.2) is 17.7 Å². The molecule has 19 heavy (non-hydrogen) atoms. The second-order valence-electron chi connectivity index (χ2n) is 7.57. The zero-order chi connectivity index (χ0) is 14.9. The highest BCUT2D eigenvalue weighted by molar-refractivity contribution is 5.68. The van der Waals surface area contributed by atoms with Gasteiger partial charge in [0.15, 0.2) is 0 Å². The molecule has 1 amide bonds. The Kier molecular flexibility index (Phi) is 4.19. The molecule has 1 aliphatic carbocycles. The Morgan fingerprint density at radius 1 is 1.26 bits per heavy atom. The van der Waals surface area contributed by atoms with Crippen molar-refractivity contribution in [3.8, 4) is 6.07 Å². The molecule has 0 heterocycles. The number of nitrogens with one attached hydrogen (secondary N) is 1. The number of amides is 1. The van der Waals surface area contributed by atoms with E-state index in [4.69, 9.17) is 4.74 Å². The van der Waals surface area contributed by atoms with Crippen molar-refractivity contribution in [2.75, 3.05) is 0 Å². The number of carbonyl (C=O) groups is 1. The topological polar surface area (TPSA) is 62.1 Å². The fourth-order valence-electron chi connectivity index (χ4n) is 2.63. The van der Waals surface area contributed by atoms with E-state index in [2.05, 4.69) is 11.4 Å². The maximum atomic E-state index is 12.0. The number of nitriles is 1. The summed E-state index contributed by atoms with van der Waals surface area (Å²) in [6.45, 7) is 11.7. The summed E-state index contributed by atoms with van der Waals surface area (Å²) >= 11 is 0. The summed E-state index contributed by atoms with van der Waals surface area (Å²) in [6, 6.07) is 2.23. The monoisotopic (exact) mass is 266 g/mol. The first-order valence-electron chi connectivity index (χ1n) is 6.91. The molecule has 0 aromatic carbocycles. The molecule has 1 N–H and O–H groups in total. The smallest absolute Gasteiger partial charge is 0.407 e. The number of hydrogen-bond donors (Lipinski definition) is 1. The van der Waals surface area contributed by atoms with E-state index < -0.39 is 17.1 Å². The van der Waals surface area contributed by atoms with E-state index in [0.717, 1.165) is 19.3 Å². The molecule has 0 radical (unpaired) electrons. The van der Waals surface area contributed by atoms with Gasteiger partial charge in [-0.1, -0.05) is 27.2 Å². The molecule has 0 saturated heterocycles. The van der Waals surface area contributed by atoms with E-state index in [1.165, 1.54) is 0 Å². The normalized spacial score (nSPS) is 19.8. The third-order valence-electron chi connectivity index (χ3n) is 3.55. The lowest BCUT2D eigenvalue weighted by atomic mass is 9.59. The molecule has 1 rings (SSSR count). The predicted molar refractivity (Wildman–Crippen MR) is 74.5 cm³/mol. The van der Waals surface area contributed by atoms with Crippen LogP contribution < -0.4 is 5.32 Å². The Balaban J connectivity index is 2.84. The lowest BCUT2D eigenvalue weighted by molar-refractivity contribution is 0.0244. The van der Waals surface area contributed by atoms with Crippen LogP contribution in [0.4, 0.5) is 4.79 Å². The third kappa shape index (κ3) is 3.86. The Labute approximate surface area is 116 Å². The number of nitrogens with zero attached hydrogens (tertiary/aromatic N) is 1. The van der Waals surface area contributed by atoms with Gasteiger partial charge in [-0.2, -0.15) is 5.26 Å². The van der Waals surface area contributed by atoms with Crippen molar-refractivity contribution < 1.29 is 9.53 Å². The van der Waals surface area contributed by atoms with E-state index in [1.54, 1.807) is 0 Å². The van der Waals surface area contributed by atoms with Gasteiger partial charge < -0.3 is 10.1 Å². The molecule has 1 unspecified atom stereocenters. The summed E-state index contributed by atoms with van der Waals surface area (Å²) in [5.74, 6) is 0. The summed E-state index contributed by atoms with van der Waals surface area (Å²) in [6.07, 6.45) is 2.31. The van der Waals surface area contributed by atoms with E-state index in [-0.39, 0.29) is 11.5 Å². The SMILES string of the molecule is CC(C)(C)OC(=O)NC(C(C)(C)C)C1(C#N)CCC1. The van der Waals surface area contributed by atoms with Gasteiger partial charge in [-0.15, -0.1) is 0 Å². The fraction of sp³-hybridized carbons (Fsp3) is 0.867.